The van der Waals surface area contributed by atoms with Gasteiger partial charge in [0.25, 0.3) is 0 Å². The van der Waals surface area contributed by atoms with Gasteiger partial charge >= 0.3 is 5.97 Å². The molecular weight excluding hydrogens is 298 g/mol. The second kappa shape index (κ2) is 7.66. The van der Waals surface area contributed by atoms with Crippen LogP contribution in [0.15, 0.2) is 30.3 Å². The highest BCUT2D eigenvalue weighted by molar-refractivity contribution is 9.09. The van der Waals surface area contributed by atoms with E-state index in [1.54, 1.807) is 6.08 Å². The molecule has 4 nitrogen and oxygen atoms in total. The second-order valence-electron chi connectivity index (χ2n) is 3.51. The summed E-state index contributed by atoms with van der Waals surface area (Å²) in [5.41, 5.74) is 1.90. The Morgan fingerprint density at radius 1 is 1.33 bits per heavy atom. The number of esters is 1. The molecule has 1 aromatic rings. The lowest BCUT2D eigenvalue weighted by Crippen LogP contribution is -2.23. The molecule has 0 heterocycles. The fourth-order valence-corrected chi connectivity index (χ4v) is 1.43. The summed E-state index contributed by atoms with van der Waals surface area (Å²) in [6.45, 7) is 0.491. The van der Waals surface area contributed by atoms with E-state index in [-0.39, 0.29) is 11.9 Å². The lowest BCUT2D eigenvalue weighted by Gasteiger charge is -2.03. The summed E-state index contributed by atoms with van der Waals surface area (Å²) in [5.74, 6) is -0.437. The number of carbonyl (C=O) groups excluding carboxylic acids is 2. The first-order valence-corrected chi connectivity index (χ1v) is 6.45. The summed E-state index contributed by atoms with van der Waals surface area (Å²) in [7, 11) is 1.34. The highest BCUT2D eigenvalue weighted by Crippen LogP contribution is 2.06. The second-order valence-corrected chi connectivity index (χ2v) is 4.07. The zero-order chi connectivity index (χ0) is 13.4. The summed E-state index contributed by atoms with van der Waals surface area (Å²) in [5, 5.41) is 3.05. The summed E-state index contributed by atoms with van der Waals surface area (Å²) in [6, 6.07) is 7.53. The minimum atomic E-state index is -0.385. The Morgan fingerprint density at radius 2 is 2.00 bits per heavy atom. The van der Waals surface area contributed by atoms with E-state index >= 15 is 0 Å². The smallest absolute Gasteiger partial charge is 0.330 e. The third-order valence-corrected chi connectivity index (χ3v) is 2.71. The molecule has 5 heteroatoms. The summed E-state index contributed by atoms with van der Waals surface area (Å²) in [4.78, 5) is 21.9. The third-order valence-electron chi connectivity index (χ3n) is 2.20. The standard InChI is InChI=1S/C13H14BrNO3/c1-18-13(17)7-6-10-2-4-11(5-3-10)9-15-12(16)8-14/h2-7H,8-9H2,1H3,(H,15,16)/b7-6+. The number of rotatable bonds is 5. The SMILES string of the molecule is COC(=O)/C=C/c1ccc(CNC(=O)CBr)cc1. The van der Waals surface area contributed by atoms with E-state index in [1.807, 2.05) is 24.3 Å². The molecule has 96 valence electrons. The van der Waals surface area contributed by atoms with Crippen molar-refractivity contribution in [2.45, 2.75) is 6.54 Å². The van der Waals surface area contributed by atoms with Crippen molar-refractivity contribution in [2.24, 2.45) is 0 Å². The molecule has 1 aromatic carbocycles. The predicted octanol–water partition coefficient (Wildman–Crippen LogP) is 1.88. The molecule has 1 amide bonds. The van der Waals surface area contributed by atoms with Gasteiger partial charge in [-0.05, 0) is 17.2 Å². The van der Waals surface area contributed by atoms with Crippen molar-refractivity contribution in [2.75, 3.05) is 12.4 Å². The van der Waals surface area contributed by atoms with Gasteiger partial charge in [0.05, 0.1) is 12.4 Å². The Kier molecular flexibility index (Phi) is 6.14. The third kappa shape index (κ3) is 5.14. The number of alkyl halides is 1. The quantitative estimate of drug-likeness (QED) is 0.513. The molecule has 0 aliphatic heterocycles. The van der Waals surface area contributed by atoms with Gasteiger partial charge in [-0.15, -0.1) is 0 Å². The van der Waals surface area contributed by atoms with Gasteiger partial charge < -0.3 is 10.1 Å². The number of hydrogen-bond donors (Lipinski definition) is 1. The molecule has 0 aromatic heterocycles. The predicted molar refractivity (Wildman–Crippen MR) is 73.1 cm³/mol. The van der Waals surface area contributed by atoms with Gasteiger partial charge in [-0.1, -0.05) is 40.2 Å². The normalized spacial score (nSPS) is 10.3. The van der Waals surface area contributed by atoms with Crippen molar-refractivity contribution < 1.29 is 14.3 Å². The number of halogens is 1. The molecule has 18 heavy (non-hydrogen) atoms. The van der Waals surface area contributed by atoms with Gasteiger partial charge in [-0.2, -0.15) is 0 Å². The van der Waals surface area contributed by atoms with Gasteiger partial charge in [0.15, 0.2) is 0 Å². The van der Waals surface area contributed by atoms with Crippen LogP contribution in [0.3, 0.4) is 0 Å². The lowest BCUT2D eigenvalue weighted by atomic mass is 10.1. The number of ether oxygens (including phenoxy) is 1. The molecule has 0 aliphatic carbocycles. The van der Waals surface area contributed by atoms with Gasteiger partial charge in [0.2, 0.25) is 5.91 Å². The van der Waals surface area contributed by atoms with E-state index in [1.165, 1.54) is 13.2 Å². The summed E-state index contributed by atoms with van der Waals surface area (Å²) >= 11 is 3.08. The number of carbonyl (C=O) groups is 2. The zero-order valence-electron chi connectivity index (χ0n) is 9.98. The Bertz CT molecular complexity index is 440. The van der Waals surface area contributed by atoms with E-state index in [0.29, 0.717) is 11.9 Å². The van der Waals surface area contributed by atoms with Crippen molar-refractivity contribution in [1.29, 1.82) is 0 Å². The number of nitrogens with one attached hydrogen (secondary N) is 1. The largest absolute Gasteiger partial charge is 0.466 e. The van der Waals surface area contributed by atoms with Crippen molar-refractivity contribution >= 4 is 33.9 Å². The highest BCUT2D eigenvalue weighted by atomic mass is 79.9. The van der Waals surface area contributed by atoms with E-state index in [2.05, 4.69) is 26.0 Å². The van der Waals surface area contributed by atoms with E-state index in [0.717, 1.165) is 11.1 Å². The lowest BCUT2D eigenvalue weighted by molar-refractivity contribution is -0.134. The van der Waals surface area contributed by atoms with Gasteiger partial charge in [-0.3, -0.25) is 4.79 Å². The molecule has 0 fully saturated rings. The summed E-state index contributed by atoms with van der Waals surface area (Å²) in [6.07, 6.45) is 3.04. The maximum atomic E-state index is 11.0. The first kappa shape index (κ1) is 14.4. The van der Waals surface area contributed by atoms with Crippen LogP contribution in [0.2, 0.25) is 0 Å². The van der Waals surface area contributed by atoms with Crippen molar-refractivity contribution in [3.8, 4) is 0 Å². The number of hydrogen-bond acceptors (Lipinski definition) is 3. The first-order valence-electron chi connectivity index (χ1n) is 5.33. The van der Waals surface area contributed by atoms with Crippen LogP contribution in [0.1, 0.15) is 11.1 Å². The fourth-order valence-electron chi connectivity index (χ4n) is 1.23. The molecule has 0 saturated heterocycles. The molecule has 0 radical (unpaired) electrons. The summed E-state index contributed by atoms with van der Waals surface area (Å²) < 4.78 is 4.50. The molecule has 0 atom stereocenters. The van der Waals surface area contributed by atoms with Crippen LogP contribution < -0.4 is 5.32 Å². The van der Waals surface area contributed by atoms with Crippen molar-refractivity contribution in [1.82, 2.24) is 5.32 Å². The molecule has 1 rings (SSSR count). The van der Waals surface area contributed by atoms with Crippen LogP contribution >= 0.6 is 15.9 Å². The van der Waals surface area contributed by atoms with Gasteiger partial charge in [-0.25, -0.2) is 4.79 Å². The number of benzene rings is 1. The Labute approximate surface area is 114 Å². The Hall–Kier alpha value is -1.62. The molecule has 0 aliphatic rings. The van der Waals surface area contributed by atoms with Gasteiger partial charge in [0.1, 0.15) is 0 Å². The van der Waals surface area contributed by atoms with Crippen molar-refractivity contribution in [3.63, 3.8) is 0 Å². The average molecular weight is 312 g/mol. The Morgan fingerprint density at radius 3 is 2.56 bits per heavy atom. The Balaban J connectivity index is 2.55. The maximum Gasteiger partial charge on any atom is 0.330 e. The number of amides is 1. The topological polar surface area (TPSA) is 55.4 Å². The van der Waals surface area contributed by atoms with Gasteiger partial charge in [0, 0.05) is 12.6 Å². The molecular formula is C13H14BrNO3. The maximum absolute atomic E-state index is 11.0. The highest BCUT2D eigenvalue weighted by Gasteiger charge is 1.98. The fraction of sp³-hybridized carbons (Fsp3) is 0.231. The average Bonchev–Trinajstić information content (AvgIpc) is 2.43. The van der Waals surface area contributed by atoms with E-state index in [4.69, 9.17) is 0 Å². The van der Waals surface area contributed by atoms with Crippen LogP contribution in [0, 0.1) is 0 Å². The molecule has 0 bridgehead atoms. The number of methoxy groups -OCH3 is 1. The monoisotopic (exact) mass is 311 g/mol. The van der Waals surface area contributed by atoms with E-state index in [9.17, 15) is 9.59 Å². The minimum Gasteiger partial charge on any atom is -0.466 e. The van der Waals surface area contributed by atoms with Crippen LogP contribution in [0.5, 0.6) is 0 Å². The molecule has 0 spiro atoms. The van der Waals surface area contributed by atoms with Crippen LogP contribution in [-0.4, -0.2) is 24.3 Å². The zero-order valence-corrected chi connectivity index (χ0v) is 11.6. The molecule has 0 unspecified atom stereocenters. The van der Waals surface area contributed by atoms with Crippen LogP contribution in [-0.2, 0) is 20.9 Å². The van der Waals surface area contributed by atoms with Crippen LogP contribution in [0.4, 0.5) is 0 Å². The molecule has 0 saturated carbocycles. The minimum absolute atomic E-state index is 0.0512. The first-order chi connectivity index (χ1) is 8.65. The molecule has 1 N–H and O–H groups in total. The van der Waals surface area contributed by atoms with Crippen molar-refractivity contribution in [3.05, 3.63) is 41.5 Å². The van der Waals surface area contributed by atoms with E-state index < -0.39 is 0 Å². The van der Waals surface area contributed by atoms with Crippen LogP contribution in [0.25, 0.3) is 6.08 Å².